The molecule has 6 heteroatoms. The van der Waals surface area contributed by atoms with E-state index in [1.807, 2.05) is 18.2 Å². The van der Waals surface area contributed by atoms with Gasteiger partial charge in [0.05, 0.1) is 10.0 Å². The normalized spacial score (nSPS) is 17.7. The molecule has 4 nitrogen and oxygen atoms in total. The van der Waals surface area contributed by atoms with Crippen LogP contribution in [0.4, 0.5) is 5.69 Å². The lowest BCUT2D eigenvalue weighted by Crippen LogP contribution is -2.19. The van der Waals surface area contributed by atoms with Crippen LogP contribution in [0.15, 0.2) is 36.4 Å². The first-order chi connectivity index (χ1) is 10.5. The molecule has 0 aliphatic carbocycles. The van der Waals surface area contributed by atoms with Crippen LogP contribution >= 0.6 is 23.2 Å². The number of hydrogen-bond donors (Lipinski definition) is 1. The Bertz CT molecular complexity index is 721. The number of aromatic nitrogens is 1. The molecule has 114 valence electrons. The number of rotatable bonds is 3. The van der Waals surface area contributed by atoms with Gasteiger partial charge in [0, 0.05) is 30.4 Å². The summed E-state index contributed by atoms with van der Waals surface area (Å²) < 4.78 is 0. The molecule has 0 amide bonds. The van der Waals surface area contributed by atoms with E-state index in [2.05, 4.69) is 9.88 Å². The van der Waals surface area contributed by atoms with Crippen LogP contribution in [0.3, 0.4) is 0 Å². The van der Waals surface area contributed by atoms with Crippen LogP contribution < -0.4 is 4.90 Å². The minimum atomic E-state index is -0.999. The molecule has 1 unspecified atom stereocenters. The van der Waals surface area contributed by atoms with Gasteiger partial charge in [0.1, 0.15) is 5.69 Å². The van der Waals surface area contributed by atoms with Crippen LogP contribution in [0.5, 0.6) is 0 Å². The zero-order chi connectivity index (χ0) is 15.7. The van der Waals surface area contributed by atoms with E-state index in [1.165, 1.54) is 6.07 Å². The molecular weight excluding hydrogens is 323 g/mol. The number of benzene rings is 1. The molecule has 1 atom stereocenters. The van der Waals surface area contributed by atoms with E-state index in [0.717, 1.165) is 30.9 Å². The van der Waals surface area contributed by atoms with E-state index in [9.17, 15) is 4.79 Å². The Labute approximate surface area is 138 Å². The molecule has 0 spiro atoms. The summed E-state index contributed by atoms with van der Waals surface area (Å²) in [5.41, 5.74) is 1.93. The van der Waals surface area contributed by atoms with E-state index >= 15 is 0 Å². The quantitative estimate of drug-likeness (QED) is 0.917. The minimum Gasteiger partial charge on any atom is -0.477 e. The predicted molar refractivity (Wildman–Crippen MR) is 87.2 cm³/mol. The van der Waals surface area contributed by atoms with Crippen molar-refractivity contribution in [2.24, 2.45) is 0 Å². The largest absolute Gasteiger partial charge is 0.477 e. The SMILES string of the molecule is O=C(O)c1cccc(C2CCN(c3ccc(Cl)c(Cl)c3)C2)n1. The highest BCUT2D eigenvalue weighted by Gasteiger charge is 2.26. The summed E-state index contributed by atoms with van der Waals surface area (Å²) in [6, 6.07) is 10.7. The Balaban J connectivity index is 1.78. The average molecular weight is 337 g/mol. The van der Waals surface area contributed by atoms with Crippen molar-refractivity contribution in [3.63, 3.8) is 0 Å². The summed E-state index contributed by atoms with van der Waals surface area (Å²) in [5, 5.41) is 10.1. The molecule has 2 heterocycles. The van der Waals surface area contributed by atoms with Crippen molar-refractivity contribution >= 4 is 34.9 Å². The molecular formula is C16H14Cl2N2O2. The highest BCUT2D eigenvalue weighted by Crippen LogP contribution is 2.33. The van der Waals surface area contributed by atoms with Gasteiger partial charge in [-0.3, -0.25) is 0 Å². The number of halogens is 2. The first-order valence-corrected chi connectivity index (χ1v) is 7.70. The van der Waals surface area contributed by atoms with Crippen LogP contribution in [0.2, 0.25) is 10.0 Å². The number of carbonyl (C=O) groups is 1. The van der Waals surface area contributed by atoms with Gasteiger partial charge < -0.3 is 10.0 Å². The Morgan fingerprint density at radius 1 is 1.23 bits per heavy atom. The second-order valence-corrected chi connectivity index (χ2v) is 6.10. The molecule has 0 radical (unpaired) electrons. The van der Waals surface area contributed by atoms with Gasteiger partial charge in [-0.25, -0.2) is 9.78 Å². The zero-order valence-electron chi connectivity index (χ0n) is 11.7. The Kier molecular flexibility index (Phi) is 4.23. The van der Waals surface area contributed by atoms with E-state index in [4.69, 9.17) is 28.3 Å². The van der Waals surface area contributed by atoms with E-state index in [-0.39, 0.29) is 11.6 Å². The third-order valence-corrected chi connectivity index (χ3v) is 4.60. The molecule has 1 aliphatic rings. The average Bonchev–Trinajstić information content (AvgIpc) is 3.00. The van der Waals surface area contributed by atoms with Crippen LogP contribution in [0.1, 0.15) is 28.5 Å². The molecule has 1 aromatic carbocycles. The van der Waals surface area contributed by atoms with Crippen LogP contribution in [0.25, 0.3) is 0 Å². The predicted octanol–water partition coefficient (Wildman–Crippen LogP) is 4.08. The summed E-state index contributed by atoms with van der Waals surface area (Å²) in [6.07, 6.45) is 0.927. The summed E-state index contributed by atoms with van der Waals surface area (Å²) >= 11 is 12.0. The van der Waals surface area contributed by atoms with Gasteiger partial charge in [-0.15, -0.1) is 0 Å². The summed E-state index contributed by atoms with van der Waals surface area (Å²) in [4.78, 5) is 17.5. The van der Waals surface area contributed by atoms with Crippen molar-refractivity contribution in [1.29, 1.82) is 0 Å². The summed E-state index contributed by atoms with van der Waals surface area (Å²) in [7, 11) is 0. The number of carboxylic acid groups (broad SMARTS) is 1. The van der Waals surface area contributed by atoms with Gasteiger partial charge in [-0.2, -0.15) is 0 Å². The van der Waals surface area contributed by atoms with Gasteiger partial charge in [-0.1, -0.05) is 29.3 Å². The second kappa shape index (κ2) is 6.15. The van der Waals surface area contributed by atoms with Crippen LogP contribution in [-0.2, 0) is 0 Å². The van der Waals surface area contributed by atoms with Crippen molar-refractivity contribution in [3.8, 4) is 0 Å². The molecule has 1 aromatic heterocycles. The Hall–Kier alpha value is -1.78. The maximum absolute atomic E-state index is 11.0. The first kappa shape index (κ1) is 15.1. The van der Waals surface area contributed by atoms with E-state index < -0.39 is 5.97 Å². The molecule has 0 saturated carbocycles. The monoisotopic (exact) mass is 336 g/mol. The third-order valence-electron chi connectivity index (χ3n) is 3.86. The molecule has 1 aliphatic heterocycles. The number of aromatic carboxylic acids is 1. The molecule has 1 fully saturated rings. The van der Waals surface area contributed by atoms with Crippen LogP contribution in [0, 0.1) is 0 Å². The van der Waals surface area contributed by atoms with Crippen molar-refractivity contribution in [2.45, 2.75) is 12.3 Å². The lowest BCUT2D eigenvalue weighted by atomic mass is 10.0. The van der Waals surface area contributed by atoms with Crippen molar-refractivity contribution in [3.05, 3.63) is 57.8 Å². The summed E-state index contributed by atoms with van der Waals surface area (Å²) in [5.74, 6) is -0.782. The third kappa shape index (κ3) is 3.03. The lowest BCUT2D eigenvalue weighted by molar-refractivity contribution is 0.0690. The number of carboxylic acids is 1. The molecule has 0 bridgehead atoms. The maximum atomic E-state index is 11.0. The standard InChI is InChI=1S/C16H14Cl2N2O2/c17-12-5-4-11(8-13(12)18)20-7-6-10(9-20)14-2-1-3-15(19-14)16(21)22/h1-5,8,10H,6-7,9H2,(H,21,22). The maximum Gasteiger partial charge on any atom is 0.354 e. The smallest absolute Gasteiger partial charge is 0.354 e. The fourth-order valence-electron chi connectivity index (χ4n) is 2.72. The number of pyridine rings is 1. The van der Waals surface area contributed by atoms with Gasteiger partial charge in [-0.05, 0) is 36.8 Å². The Morgan fingerprint density at radius 2 is 2.05 bits per heavy atom. The summed E-state index contributed by atoms with van der Waals surface area (Å²) in [6.45, 7) is 1.66. The number of anilines is 1. The lowest BCUT2D eigenvalue weighted by Gasteiger charge is -2.19. The highest BCUT2D eigenvalue weighted by molar-refractivity contribution is 6.42. The van der Waals surface area contributed by atoms with Crippen LogP contribution in [-0.4, -0.2) is 29.1 Å². The van der Waals surface area contributed by atoms with E-state index in [1.54, 1.807) is 12.1 Å². The molecule has 1 N–H and O–H groups in total. The highest BCUT2D eigenvalue weighted by atomic mass is 35.5. The van der Waals surface area contributed by atoms with Crippen molar-refractivity contribution < 1.29 is 9.90 Å². The van der Waals surface area contributed by atoms with E-state index in [0.29, 0.717) is 10.0 Å². The van der Waals surface area contributed by atoms with Gasteiger partial charge >= 0.3 is 5.97 Å². The fourth-order valence-corrected chi connectivity index (χ4v) is 3.01. The topological polar surface area (TPSA) is 53.4 Å². The van der Waals surface area contributed by atoms with Gasteiger partial charge in [0.2, 0.25) is 0 Å². The first-order valence-electron chi connectivity index (χ1n) is 6.95. The second-order valence-electron chi connectivity index (χ2n) is 5.28. The minimum absolute atomic E-state index is 0.0884. The van der Waals surface area contributed by atoms with Crippen molar-refractivity contribution in [2.75, 3.05) is 18.0 Å². The van der Waals surface area contributed by atoms with Crippen molar-refractivity contribution in [1.82, 2.24) is 4.98 Å². The van der Waals surface area contributed by atoms with Gasteiger partial charge in [0.25, 0.3) is 0 Å². The number of hydrogen-bond acceptors (Lipinski definition) is 3. The molecule has 1 saturated heterocycles. The van der Waals surface area contributed by atoms with Gasteiger partial charge in [0.15, 0.2) is 0 Å². The molecule has 2 aromatic rings. The molecule has 3 rings (SSSR count). The number of nitrogens with zero attached hydrogens (tertiary/aromatic N) is 2. The zero-order valence-corrected chi connectivity index (χ0v) is 13.2. The Morgan fingerprint density at radius 3 is 2.77 bits per heavy atom. The molecule has 22 heavy (non-hydrogen) atoms. The fraction of sp³-hybridized carbons (Fsp3) is 0.250.